The lowest BCUT2D eigenvalue weighted by Crippen LogP contribution is -2.68. The van der Waals surface area contributed by atoms with E-state index in [1.54, 1.807) is 0 Å². The number of esters is 1. The summed E-state index contributed by atoms with van der Waals surface area (Å²) in [6, 6.07) is 20.9. The van der Waals surface area contributed by atoms with Crippen molar-refractivity contribution in [3.8, 4) is 0 Å². The zero-order valence-corrected chi connectivity index (χ0v) is 19.7. The number of methoxy groups -OCH3 is 1. The highest BCUT2D eigenvalue weighted by atomic mass is 28.4. The number of hydrogen-bond acceptors (Lipinski definition) is 4. The molecule has 1 saturated carbocycles. The summed E-state index contributed by atoms with van der Waals surface area (Å²) in [7, 11) is -1.34. The van der Waals surface area contributed by atoms with Crippen molar-refractivity contribution in [3.05, 3.63) is 60.7 Å². The molecular formula is C25H34O4Si. The fourth-order valence-corrected chi connectivity index (χ4v) is 9.56. The van der Waals surface area contributed by atoms with Crippen LogP contribution in [-0.2, 0) is 14.0 Å². The molecule has 4 atom stereocenters. The van der Waals surface area contributed by atoms with Crippen molar-refractivity contribution >= 4 is 24.7 Å². The van der Waals surface area contributed by atoms with E-state index in [0.717, 1.165) is 0 Å². The van der Waals surface area contributed by atoms with Crippen molar-refractivity contribution in [1.82, 2.24) is 0 Å². The molecule has 1 aliphatic carbocycles. The highest BCUT2D eigenvalue weighted by Gasteiger charge is 2.53. The number of carbonyl (C=O) groups is 1. The Hall–Kier alpha value is -1.95. The third-order valence-corrected chi connectivity index (χ3v) is 11.6. The van der Waals surface area contributed by atoms with Crippen molar-refractivity contribution in [2.75, 3.05) is 7.11 Å². The average Bonchev–Trinajstić information content (AvgIpc) is 2.74. The summed E-state index contributed by atoms with van der Waals surface area (Å²) in [5.41, 5.74) is 0. The van der Waals surface area contributed by atoms with Gasteiger partial charge in [-0.2, -0.15) is 0 Å². The minimum atomic E-state index is -2.75. The number of benzene rings is 2. The molecule has 2 aromatic rings. The summed E-state index contributed by atoms with van der Waals surface area (Å²) in [5, 5.41) is 13.0. The molecule has 4 nitrogen and oxygen atoms in total. The molecule has 2 aromatic carbocycles. The van der Waals surface area contributed by atoms with E-state index in [-0.39, 0.29) is 28.9 Å². The van der Waals surface area contributed by atoms with Gasteiger partial charge in [-0.05, 0) is 28.3 Å². The average molecular weight is 427 g/mol. The van der Waals surface area contributed by atoms with Gasteiger partial charge < -0.3 is 14.3 Å². The molecule has 0 bridgehead atoms. The smallest absolute Gasteiger partial charge is 0.308 e. The summed E-state index contributed by atoms with van der Waals surface area (Å²) < 4.78 is 12.2. The Labute approximate surface area is 181 Å². The van der Waals surface area contributed by atoms with E-state index in [4.69, 9.17) is 9.16 Å². The van der Waals surface area contributed by atoms with Gasteiger partial charge in [0.2, 0.25) is 0 Å². The van der Waals surface area contributed by atoms with Crippen LogP contribution in [0.3, 0.4) is 0 Å². The van der Waals surface area contributed by atoms with Gasteiger partial charge in [-0.15, -0.1) is 0 Å². The van der Waals surface area contributed by atoms with E-state index in [9.17, 15) is 9.90 Å². The molecule has 30 heavy (non-hydrogen) atoms. The molecule has 0 unspecified atom stereocenters. The van der Waals surface area contributed by atoms with Crippen LogP contribution in [0.1, 0.15) is 40.5 Å². The Bertz CT molecular complexity index is 792. The number of carbonyl (C=O) groups excluding carboxylic acids is 1. The molecule has 0 saturated heterocycles. The topological polar surface area (TPSA) is 55.8 Å². The predicted molar refractivity (Wildman–Crippen MR) is 122 cm³/mol. The molecule has 0 radical (unpaired) electrons. The van der Waals surface area contributed by atoms with Crippen molar-refractivity contribution in [2.24, 2.45) is 11.8 Å². The third-order valence-electron chi connectivity index (χ3n) is 6.52. The third kappa shape index (κ3) is 4.24. The van der Waals surface area contributed by atoms with Crippen LogP contribution in [0.4, 0.5) is 0 Å². The zero-order valence-electron chi connectivity index (χ0n) is 18.7. The standard InChI is InChI=1S/C25H34O4Si/c1-18-22(26)16-19(24(27)28-5)17-23(18)29-30(25(2,3)4,20-12-8-6-9-13-20)21-14-10-7-11-15-21/h6-15,18-19,22-23,26H,16-17H2,1-5H3/t18-,19+,22-,23+/m1/s1. The van der Waals surface area contributed by atoms with E-state index in [1.165, 1.54) is 17.5 Å². The highest BCUT2D eigenvalue weighted by Crippen LogP contribution is 2.41. The molecule has 0 aliphatic heterocycles. The lowest BCUT2D eigenvalue weighted by molar-refractivity contribution is -0.151. The van der Waals surface area contributed by atoms with Crippen molar-refractivity contribution in [2.45, 2.75) is 57.8 Å². The Morgan fingerprint density at radius 3 is 1.90 bits per heavy atom. The van der Waals surface area contributed by atoms with Crippen LogP contribution in [0.15, 0.2) is 60.7 Å². The molecule has 1 fully saturated rings. The van der Waals surface area contributed by atoms with Crippen LogP contribution in [0, 0.1) is 11.8 Å². The maximum absolute atomic E-state index is 12.3. The van der Waals surface area contributed by atoms with Gasteiger partial charge >= 0.3 is 5.97 Å². The van der Waals surface area contributed by atoms with E-state index in [0.29, 0.717) is 12.8 Å². The largest absolute Gasteiger partial charge is 0.469 e. The summed E-state index contributed by atoms with van der Waals surface area (Å²) >= 11 is 0. The molecule has 5 heteroatoms. The van der Waals surface area contributed by atoms with Crippen molar-refractivity contribution < 1.29 is 19.1 Å². The van der Waals surface area contributed by atoms with Crippen LogP contribution in [0.2, 0.25) is 5.04 Å². The zero-order chi connectivity index (χ0) is 21.9. The molecule has 0 aromatic heterocycles. The van der Waals surface area contributed by atoms with Gasteiger partial charge in [-0.25, -0.2) is 0 Å². The SMILES string of the molecule is COC(=O)[C@H]1C[C@@H](O)[C@@H](C)[C@@H](O[Si](c2ccccc2)(c2ccccc2)C(C)(C)C)C1. The maximum atomic E-state index is 12.3. The van der Waals surface area contributed by atoms with Gasteiger partial charge in [0.05, 0.1) is 25.2 Å². The van der Waals surface area contributed by atoms with Crippen LogP contribution in [0.25, 0.3) is 0 Å². The number of rotatable bonds is 5. The summed E-state index contributed by atoms with van der Waals surface area (Å²) in [5.74, 6) is -0.672. The molecule has 3 rings (SSSR count). The van der Waals surface area contributed by atoms with Gasteiger partial charge in [0.25, 0.3) is 8.32 Å². The molecule has 1 N–H and O–H groups in total. The Morgan fingerprint density at radius 2 is 1.47 bits per heavy atom. The number of aliphatic hydroxyl groups is 1. The second-order valence-electron chi connectivity index (χ2n) is 9.44. The summed E-state index contributed by atoms with van der Waals surface area (Å²) in [6.45, 7) is 8.74. The normalized spacial score (nSPS) is 25.0. The fourth-order valence-electron chi connectivity index (χ4n) is 4.78. The van der Waals surface area contributed by atoms with Crippen LogP contribution in [0.5, 0.6) is 0 Å². The number of aliphatic hydroxyl groups excluding tert-OH is 1. The van der Waals surface area contributed by atoms with Crippen molar-refractivity contribution in [3.63, 3.8) is 0 Å². The Balaban J connectivity index is 2.12. The molecular weight excluding hydrogens is 392 g/mol. The van der Waals surface area contributed by atoms with Crippen LogP contribution in [-0.4, -0.2) is 38.7 Å². The lowest BCUT2D eigenvalue weighted by Gasteiger charge is -2.48. The van der Waals surface area contributed by atoms with Gasteiger partial charge in [-0.3, -0.25) is 4.79 Å². The van der Waals surface area contributed by atoms with E-state index in [2.05, 4.69) is 69.3 Å². The van der Waals surface area contributed by atoms with Gasteiger partial charge in [0.1, 0.15) is 0 Å². The molecule has 0 spiro atoms. The first-order chi connectivity index (χ1) is 14.2. The first-order valence-corrected chi connectivity index (χ1v) is 12.7. The second kappa shape index (κ2) is 9.04. The van der Waals surface area contributed by atoms with Crippen LogP contribution >= 0.6 is 0 Å². The number of ether oxygens (including phenoxy) is 1. The first kappa shape index (κ1) is 22.7. The minimum Gasteiger partial charge on any atom is -0.469 e. The quantitative estimate of drug-likeness (QED) is 0.587. The molecule has 0 heterocycles. The Kier molecular flexibility index (Phi) is 6.85. The molecule has 1 aliphatic rings. The Morgan fingerprint density at radius 1 is 0.967 bits per heavy atom. The predicted octanol–water partition coefficient (Wildman–Crippen LogP) is 3.51. The van der Waals surface area contributed by atoms with E-state index < -0.39 is 14.4 Å². The molecule has 0 amide bonds. The van der Waals surface area contributed by atoms with Gasteiger partial charge in [0.15, 0.2) is 0 Å². The fraction of sp³-hybridized carbons (Fsp3) is 0.480. The van der Waals surface area contributed by atoms with Crippen LogP contribution < -0.4 is 10.4 Å². The van der Waals surface area contributed by atoms with Gasteiger partial charge in [0, 0.05) is 5.92 Å². The highest BCUT2D eigenvalue weighted by molar-refractivity contribution is 6.99. The minimum absolute atomic E-state index is 0.0624. The second-order valence-corrected chi connectivity index (χ2v) is 13.7. The monoisotopic (exact) mass is 426 g/mol. The van der Waals surface area contributed by atoms with Gasteiger partial charge in [-0.1, -0.05) is 88.4 Å². The summed E-state index contributed by atoms with van der Waals surface area (Å²) in [4.78, 5) is 12.3. The first-order valence-electron chi connectivity index (χ1n) is 10.8. The maximum Gasteiger partial charge on any atom is 0.308 e. The number of hydrogen-bond donors (Lipinski definition) is 1. The van der Waals surface area contributed by atoms with Crippen molar-refractivity contribution in [1.29, 1.82) is 0 Å². The summed E-state index contributed by atoms with van der Waals surface area (Å²) in [6.07, 6.45) is 0.166. The lowest BCUT2D eigenvalue weighted by atomic mass is 9.79. The molecule has 162 valence electrons. The van der Waals surface area contributed by atoms with E-state index in [1.807, 2.05) is 19.1 Å². The van der Waals surface area contributed by atoms with E-state index >= 15 is 0 Å².